The van der Waals surface area contributed by atoms with Crippen LogP contribution < -0.4 is 14.5 Å². The molecule has 0 aliphatic carbocycles. The first-order chi connectivity index (χ1) is 17.8. The normalized spacial score (nSPS) is 17.0. The molecule has 1 atom stereocenters. The van der Waals surface area contributed by atoms with Crippen molar-refractivity contribution in [3.05, 3.63) is 75.7 Å². The van der Waals surface area contributed by atoms with Crippen molar-refractivity contribution in [2.45, 2.75) is 37.6 Å². The highest BCUT2D eigenvalue weighted by Gasteiger charge is 2.31. The van der Waals surface area contributed by atoms with Crippen LogP contribution in [0.4, 0.5) is 10.7 Å². The number of amides is 1. The van der Waals surface area contributed by atoms with E-state index in [2.05, 4.69) is 12.2 Å². The van der Waals surface area contributed by atoms with Crippen LogP contribution in [0.15, 0.2) is 53.4 Å². The molecule has 37 heavy (non-hydrogen) atoms. The van der Waals surface area contributed by atoms with E-state index in [0.717, 1.165) is 54.9 Å². The lowest BCUT2D eigenvalue weighted by Gasteiger charge is -2.30. The van der Waals surface area contributed by atoms with Crippen molar-refractivity contribution in [1.82, 2.24) is 0 Å². The van der Waals surface area contributed by atoms with E-state index in [4.69, 9.17) is 4.74 Å². The number of aryl methyl sites for hydroxylation is 1. The molecule has 0 radical (unpaired) electrons. The third kappa shape index (κ3) is 4.76. The Morgan fingerprint density at radius 2 is 1.86 bits per heavy atom. The third-order valence-electron chi connectivity index (χ3n) is 7.12. The van der Waals surface area contributed by atoms with Crippen molar-refractivity contribution in [3.63, 3.8) is 0 Å². The zero-order valence-corrected chi connectivity index (χ0v) is 22.5. The number of likely N-dealkylation sites (N-methyl/N-ethyl adjacent to an activating group) is 1. The molecule has 1 aromatic heterocycles. The van der Waals surface area contributed by atoms with Gasteiger partial charge in [0.1, 0.15) is 11.5 Å². The molecular formula is C27H30N3O5S2+. The molecule has 1 unspecified atom stereocenters. The fraction of sp³-hybridized carbons (Fsp3) is 0.333. The molecule has 2 N–H and O–H groups in total. The zero-order valence-electron chi connectivity index (χ0n) is 20.9. The average molecular weight is 541 g/mol. The summed E-state index contributed by atoms with van der Waals surface area (Å²) in [6.07, 6.45) is 2.35. The van der Waals surface area contributed by atoms with Crippen molar-refractivity contribution in [2.24, 2.45) is 0 Å². The summed E-state index contributed by atoms with van der Waals surface area (Å²) in [5, 5.41) is 3.35. The SMILES string of the molecule is CC[NH+]1CCc2c(sc(NC(=O)c3ccc(S(=O)(=O)N4CCCc5ccccc54)cc3)c2C(=O)OC)C1. The molecule has 3 aromatic rings. The lowest BCUT2D eigenvalue weighted by atomic mass is 10.0. The number of rotatable bonds is 6. The number of ether oxygens (including phenoxy) is 1. The van der Waals surface area contributed by atoms with Crippen LogP contribution in [0.2, 0.25) is 0 Å². The van der Waals surface area contributed by atoms with Gasteiger partial charge in [0.05, 0.1) is 41.2 Å². The first kappa shape index (κ1) is 25.4. The lowest BCUT2D eigenvalue weighted by molar-refractivity contribution is -0.913. The summed E-state index contributed by atoms with van der Waals surface area (Å²) in [7, 11) is -2.43. The van der Waals surface area contributed by atoms with Crippen molar-refractivity contribution in [2.75, 3.05) is 36.4 Å². The van der Waals surface area contributed by atoms with Gasteiger partial charge in [0, 0.05) is 18.5 Å². The second kappa shape index (κ2) is 10.3. The number of benzene rings is 2. The molecule has 2 aliphatic rings. The number of hydrogen-bond acceptors (Lipinski definition) is 6. The van der Waals surface area contributed by atoms with Gasteiger partial charge >= 0.3 is 5.97 Å². The molecule has 0 bridgehead atoms. The number of sulfonamides is 1. The Balaban J connectivity index is 1.38. The van der Waals surface area contributed by atoms with Gasteiger partial charge in [-0.3, -0.25) is 9.10 Å². The summed E-state index contributed by atoms with van der Waals surface area (Å²) >= 11 is 1.41. The lowest BCUT2D eigenvalue weighted by Crippen LogP contribution is -3.11. The Morgan fingerprint density at radius 1 is 1.11 bits per heavy atom. The maximum Gasteiger partial charge on any atom is 0.341 e. The van der Waals surface area contributed by atoms with Crippen molar-refractivity contribution < 1.29 is 27.6 Å². The molecule has 10 heteroatoms. The molecule has 194 valence electrons. The number of quaternary nitrogens is 1. The van der Waals surface area contributed by atoms with Crippen LogP contribution in [-0.2, 0) is 34.1 Å². The summed E-state index contributed by atoms with van der Waals surface area (Å²) in [6, 6.07) is 13.5. The van der Waals surface area contributed by atoms with E-state index in [1.54, 1.807) is 0 Å². The number of anilines is 2. The molecule has 0 saturated carbocycles. The number of hydrogen-bond donors (Lipinski definition) is 2. The predicted molar refractivity (Wildman–Crippen MR) is 143 cm³/mol. The minimum Gasteiger partial charge on any atom is -0.465 e. The third-order valence-corrected chi connectivity index (χ3v) is 10.1. The second-order valence-corrected chi connectivity index (χ2v) is 12.2. The smallest absolute Gasteiger partial charge is 0.341 e. The van der Waals surface area contributed by atoms with E-state index in [0.29, 0.717) is 28.4 Å². The van der Waals surface area contributed by atoms with Crippen LogP contribution in [-0.4, -0.2) is 47.0 Å². The van der Waals surface area contributed by atoms with Gasteiger partial charge < -0.3 is 15.0 Å². The second-order valence-electron chi connectivity index (χ2n) is 9.27. The average Bonchev–Trinajstić information content (AvgIpc) is 3.29. The number of fused-ring (bicyclic) bond motifs is 2. The maximum atomic E-state index is 13.4. The molecule has 1 amide bonds. The summed E-state index contributed by atoms with van der Waals surface area (Å²) < 4.78 is 33.3. The summed E-state index contributed by atoms with van der Waals surface area (Å²) in [5.41, 5.74) is 3.40. The minimum atomic E-state index is -3.77. The Morgan fingerprint density at radius 3 is 2.59 bits per heavy atom. The highest BCUT2D eigenvalue weighted by molar-refractivity contribution is 7.92. The molecule has 3 heterocycles. The molecule has 0 saturated heterocycles. The number of esters is 1. The van der Waals surface area contributed by atoms with Gasteiger partial charge in [-0.25, -0.2) is 13.2 Å². The number of para-hydroxylation sites is 1. The Kier molecular flexibility index (Phi) is 7.06. The summed E-state index contributed by atoms with van der Waals surface area (Å²) in [5.74, 6) is -0.869. The van der Waals surface area contributed by atoms with Gasteiger partial charge in [-0.1, -0.05) is 18.2 Å². The van der Waals surface area contributed by atoms with Crippen LogP contribution in [0.3, 0.4) is 0 Å². The molecule has 2 aromatic carbocycles. The van der Waals surface area contributed by atoms with Gasteiger partial charge in [-0.15, -0.1) is 11.3 Å². The van der Waals surface area contributed by atoms with Gasteiger partial charge in [-0.2, -0.15) is 0 Å². The number of carbonyl (C=O) groups is 2. The van der Waals surface area contributed by atoms with Gasteiger partial charge in [-0.05, 0) is 61.2 Å². The van der Waals surface area contributed by atoms with E-state index < -0.39 is 21.9 Å². The Bertz CT molecular complexity index is 1450. The first-order valence-corrected chi connectivity index (χ1v) is 14.7. The predicted octanol–water partition coefficient (Wildman–Crippen LogP) is 2.89. The van der Waals surface area contributed by atoms with Crippen LogP contribution >= 0.6 is 11.3 Å². The topological polar surface area (TPSA) is 97.2 Å². The fourth-order valence-electron chi connectivity index (χ4n) is 5.07. The van der Waals surface area contributed by atoms with Gasteiger partial charge in [0.25, 0.3) is 15.9 Å². The maximum absolute atomic E-state index is 13.4. The highest BCUT2D eigenvalue weighted by atomic mass is 32.2. The molecule has 2 aliphatic heterocycles. The number of nitrogens with zero attached hydrogens (tertiary/aromatic N) is 1. The number of nitrogens with one attached hydrogen (secondary N) is 2. The number of carbonyl (C=O) groups excluding carboxylic acids is 2. The molecule has 0 fully saturated rings. The summed E-state index contributed by atoms with van der Waals surface area (Å²) in [6.45, 7) is 5.27. The van der Waals surface area contributed by atoms with E-state index in [1.165, 1.54) is 51.9 Å². The van der Waals surface area contributed by atoms with E-state index in [1.807, 2.05) is 24.3 Å². The zero-order chi connectivity index (χ0) is 26.2. The Hall–Kier alpha value is -3.21. The van der Waals surface area contributed by atoms with Crippen LogP contribution in [0, 0.1) is 0 Å². The van der Waals surface area contributed by atoms with Crippen molar-refractivity contribution in [1.29, 1.82) is 0 Å². The standard InChI is InChI=1S/C27H29N3O5S2/c1-3-29-16-14-21-23(17-29)36-26(24(21)27(32)35-2)28-25(31)19-10-12-20(13-11-19)37(33,34)30-15-6-8-18-7-4-5-9-22(18)30/h4-5,7,9-13H,3,6,8,14-17H2,1-2H3,(H,28,31)/p+1. The minimum absolute atomic E-state index is 0.130. The number of thiophene rings is 1. The molecular weight excluding hydrogens is 510 g/mol. The van der Waals surface area contributed by atoms with E-state index in [-0.39, 0.29) is 4.90 Å². The monoisotopic (exact) mass is 540 g/mol. The van der Waals surface area contributed by atoms with Gasteiger partial charge in [0.2, 0.25) is 0 Å². The highest BCUT2D eigenvalue weighted by Crippen LogP contribution is 2.36. The fourth-order valence-corrected chi connectivity index (χ4v) is 7.92. The number of methoxy groups -OCH3 is 1. The quantitative estimate of drug-likeness (QED) is 0.469. The van der Waals surface area contributed by atoms with Crippen molar-refractivity contribution in [3.8, 4) is 0 Å². The Labute approximate surface area is 220 Å². The molecule has 5 rings (SSSR count). The van der Waals surface area contributed by atoms with Crippen LogP contribution in [0.1, 0.15) is 50.1 Å². The van der Waals surface area contributed by atoms with Crippen molar-refractivity contribution >= 4 is 43.9 Å². The first-order valence-electron chi connectivity index (χ1n) is 12.4. The van der Waals surface area contributed by atoms with Crippen LogP contribution in [0.5, 0.6) is 0 Å². The van der Waals surface area contributed by atoms with E-state index >= 15 is 0 Å². The largest absolute Gasteiger partial charge is 0.465 e. The van der Waals surface area contributed by atoms with Crippen LogP contribution in [0.25, 0.3) is 0 Å². The molecule has 8 nitrogen and oxygen atoms in total. The van der Waals surface area contributed by atoms with E-state index in [9.17, 15) is 18.0 Å². The molecule has 0 spiro atoms. The summed E-state index contributed by atoms with van der Waals surface area (Å²) in [4.78, 5) is 28.3. The van der Waals surface area contributed by atoms with Gasteiger partial charge in [0.15, 0.2) is 0 Å².